The Balaban J connectivity index is 3.04. The number of halogens is 1. The van der Waals surface area contributed by atoms with E-state index in [1.54, 1.807) is 0 Å². The van der Waals surface area contributed by atoms with Gasteiger partial charge in [-0.05, 0) is 52.3 Å². The van der Waals surface area contributed by atoms with Crippen LogP contribution in [-0.2, 0) is 11.4 Å². The minimum atomic E-state index is -1.21. The van der Waals surface area contributed by atoms with E-state index >= 15 is 0 Å². The van der Waals surface area contributed by atoms with Crippen molar-refractivity contribution in [2.45, 2.75) is 39.4 Å². The average molecular weight is 316 g/mol. The summed E-state index contributed by atoms with van der Waals surface area (Å²) < 4.78 is 17.0. The van der Waals surface area contributed by atoms with Crippen molar-refractivity contribution in [1.82, 2.24) is 0 Å². The molecule has 2 nitrogen and oxygen atoms in total. The maximum Gasteiger partial charge on any atom is 0.144 e. The van der Waals surface area contributed by atoms with Crippen LogP contribution >= 0.6 is 15.9 Å². The second-order valence-electron chi connectivity index (χ2n) is 5.00. The van der Waals surface area contributed by atoms with Gasteiger partial charge in [-0.1, -0.05) is 26.4 Å². The number of hydrogen-bond acceptors (Lipinski definition) is 2. The number of benzene rings is 1. The first-order valence-electron chi connectivity index (χ1n) is 5.45. The van der Waals surface area contributed by atoms with Crippen molar-refractivity contribution in [3.05, 3.63) is 33.8 Å². The van der Waals surface area contributed by atoms with E-state index in [0.717, 1.165) is 21.3 Å². The van der Waals surface area contributed by atoms with Crippen LogP contribution in [0.5, 0.6) is 0 Å². The Hall–Kier alpha value is -0.320. The SMILES string of the molecule is C/C(=N\[S@@+]([O-])C(C)(C)C)c1ccc(Br)cc1C. The Bertz CT molecular complexity index is 438. The predicted octanol–water partition coefficient (Wildman–Crippen LogP) is 4.03. The fraction of sp³-hybridized carbons (Fsp3) is 0.462. The standard InChI is InChI=1S/C13H18BrNOS/c1-9-8-11(14)6-7-12(9)10(2)15-17(16)13(3,4)5/h6-8H,1-5H3/b15-10+/t17-/m0/s1. The lowest BCUT2D eigenvalue weighted by atomic mass is 10.1. The lowest BCUT2D eigenvalue weighted by molar-refractivity contribution is 0.561. The molecule has 0 aliphatic carbocycles. The molecule has 0 unspecified atom stereocenters. The van der Waals surface area contributed by atoms with E-state index < -0.39 is 11.4 Å². The summed E-state index contributed by atoms with van der Waals surface area (Å²) in [6.45, 7) is 9.70. The van der Waals surface area contributed by atoms with E-state index in [1.165, 1.54) is 0 Å². The quantitative estimate of drug-likeness (QED) is 0.599. The summed E-state index contributed by atoms with van der Waals surface area (Å²) in [6.07, 6.45) is 0. The summed E-state index contributed by atoms with van der Waals surface area (Å²) in [5.41, 5.74) is 3.00. The van der Waals surface area contributed by atoms with Crippen LogP contribution in [0.3, 0.4) is 0 Å². The second-order valence-corrected chi connectivity index (χ2v) is 7.82. The van der Waals surface area contributed by atoms with Crippen molar-refractivity contribution in [3.63, 3.8) is 0 Å². The number of aryl methyl sites for hydroxylation is 1. The molecule has 0 radical (unpaired) electrons. The zero-order valence-corrected chi connectivity index (χ0v) is 13.3. The number of nitrogens with zero attached hydrogens (tertiary/aromatic N) is 1. The van der Waals surface area contributed by atoms with Crippen molar-refractivity contribution >= 4 is 33.0 Å². The Kier molecular flexibility index (Phi) is 4.81. The van der Waals surface area contributed by atoms with Crippen molar-refractivity contribution in [1.29, 1.82) is 0 Å². The third kappa shape index (κ3) is 4.12. The molecule has 0 heterocycles. The van der Waals surface area contributed by atoms with Gasteiger partial charge in [0.2, 0.25) is 0 Å². The van der Waals surface area contributed by atoms with Gasteiger partial charge in [0.1, 0.15) is 16.1 Å². The molecule has 0 aliphatic heterocycles. The van der Waals surface area contributed by atoms with E-state index in [0.29, 0.717) is 0 Å². The lowest BCUT2D eigenvalue weighted by Gasteiger charge is -2.19. The fourth-order valence-corrected chi connectivity index (χ4v) is 2.44. The average Bonchev–Trinajstić information content (AvgIpc) is 2.15. The van der Waals surface area contributed by atoms with Gasteiger partial charge in [-0.2, -0.15) is 0 Å². The second kappa shape index (κ2) is 5.55. The Morgan fingerprint density at radius 1 is 1.35 bits per heavy atom. The molecule has 0 saturated carbocycles. The zero-order valence-electron chi connectivity index (χ0n) is 10.9. The van der Waals surface area contributed by atoms with Gasteiger partial charge in [0.05, 0.1) is 5.71 Å². The maximum absolute atomic E-state index is 11.9. The van der Waals surface area contributed by atoms with Gasteiger partial charge in [0.25, 0.3) is 0 Å². The number of rotatable bonds is 2. The molecule has 0 N–H and O–H groups in total. The van der Waals surface area contributed by atoms with E-state index in [1.807, 2.05) is 52.8 Å². The molecule has 94 valence electrons. The van der Waals surface area contributed by atoms with E-state index in [9.17, 15) is 4.55 Å². The molecule has 0 bridgehead atoms. The van der Waals surface area contributed by atoms with E-state index in [2.05, 4.69) is 20.3 Å². The molecule has 0 aromatic heterocycles. The van der Waals surface area contributed by atoms with Crippen LogP contribution in [0.2, 0.25) is 0 Å². The summed E-state index contributed by atoms with van der Waals surface area (Å²) >= 11 is 2.22. The van der Waals surface area contributed by atoms with Gasteiger partial charge in [-0.3, -0.25) is 0 Å². The molecular weight excluding hydrogens is 298 g/mol. The van der Waals surface area contributed by atoms with E-state index in [-0.39, 0.29) is 4.75 Å². The molecule has 0 spiro atoms. The van der Waals surface area contributed by atoms with E-state index in [4.69, 9.17) is 0 Å². The first-order valence-corrected chi connectivity index (χ1v) is 7.35. The third-order valence-corrected chi connectivity index (χ3v) is 4.30. The normalized spacial score (nSPS) is 14.9. The Morgan fingerprint density at radius 3 is 2.41 bits per heavy atom. The first-order chi connectivity index (χ1) is 7.71. The van der Waals surface area contributed by atoms with Gasteiger partial charge in [0.15, 0.2) is 0 Å². The van der Waals surface area contributed by atoms with Crippen LogP contribution in [0, 0.1) is 6.92 Å². The maximum atomic E-state index is 11.9. The lowest BCUT2D eigenvalue weighted by Crippen LogP contribution is -2.26. The van der Waals surface area contributed by atoms with Crippen molar-refractivity contribution in [3.8, 4) is 0 Å². The molecule has 0 fully saturated rings. The summed E-state index contributed by atoms with van der Waals surface area (Å²) in [5, 5.41) is 0. The molecule has 17 heavy (non-hydrogen) atoms. The largest absolute Gasteiger partial charge is 0.591 e. The highest BCUT2D eigenvalue weighted by Gasteiger charge is 2.26. The van der Waals surface area contributed by atoms with Gasteiger partial charge in [-0.25, -0.2) is 0 Å². The Labute approximate surface area is 115 Å². The molecule has 1 atom stereocenters. The van der Waals surface area contributed by atoms with Gasteiger partial charge in [-0.15, -0.1) is 0 Å². The topological polar surface area (TPSA) is 35.4 Å². The Morgan fingerprint density at radius 2 is 1.94 bits per heavy atom. The van der Waals surface area contributed by atoms with Crippen LogP contribution in [0.1, 0.15) is 38.8 Å². The molecular formula is C13H18BrNOS. The summed E-state index contributed by atoms with van der Waals surface area (Å²) in [6, 6.07) is 6.01. The van der Waals surface area contributed by atoms with Gasteiger partial charge in [0, 0.05) is 10.0 Å². The molecule has 0 amide bonds. The van der Waals surface area contributed by atoms with Crippen LogP contribution in [-0.4, -0.2) is 15.0 Å². The molecule has 0 saturated heterocycles. The van der Waals surface area contributed by atoms with Crippen molar-refractivity contribution < 1.29 is 4.55 Å². The highest BCUT2D eigenvalue weighted by atomic mass is 79.9. The smallest absolute Gasteiger partial charge is 0.144 e. The molecule has 4 heteroatoms. The molecule has 0 aliphatic rings. The van der Waals surface area contributed by atoms with Crippen LogP contribution < -0.4 is 0 Å². The van der Waals surface area contributed by atoms with Crippen LogP contribution in [0.25, 0.3) is 0 Å². The number of hydrogen-bond donors (Lipinski definition) is 0. The van der Waals surface area contributed by atoms with Gasteiger partial charge >= 0.3 is 0 Å². The highest BCUT2D eigenvalue weighted by Crippen LogP contribution is 2.21. The minimum absolute atomic E-state index is 0.315. The highest BCUT2D eigenvalue weighted by molar-refractivity contribution is 9.10. The predicted molar refractivity (Wildman–Crippen MR) is 79.0 cm³/mol. The summed E-state index contributed by atoms with van der Waals surface area (Å²) in [5.74, 6) is 0. The van der Waals surface area contributed by atoms with Crippen LogP contribution in [0.15, 0.2) is 27.1 Å². The van der Waals surface area contributed by atoms with Gasteiger partial charge < -0.3 is 4.55 Å². The minimum Gasteiger partial charge on any atom is -0.591 e. The van der Waals surface area contributed by atoms with Crippen molar-refractivity contribution in [2.24, 2.45) is 4.40 Å². The fourth-order valence-electron chi connectivity index (χ4n) is 1.34. The zero-order chi connectivity index (χ0) is 13.2. The molecule has 1 aromatic carbocycles. The first kappa shape index (κ1) is 14.7. The summed E-state index contributed by atoms with van der Waals surface area (Å²) in [4.78, 5) is 0. The molecule has 1 aromatic rings. The van der Waals surface area contributed by atoms with Crippen LogP contribution in [0.4, 0.5) is 0 Å². The molecule has 1 rings (SSSR count). The summed E-state index contributed by atoms with van der Waals surface area (Å²) in [7, 11) is 0. The monoisotopic (exact) mass is 315 g/mol. The third-order valence-electron chi connectivity index (χ3n) is 2.32. The van der Waals surface area contributed by atoms with Crippen molar-refractivity contribution in [2.75, 3.05) is 0 Å².